The highest BCUT2D eigenvalue weighted by Crippen LogP contribution is 2.18. The minimum Gasteiger partial charge on any atom is -1.00 e. The topological polar surface area (TPSA) is 45.5 Å². The van der Waals surface area contributed by atoms with Crippen molar-refractivity contribution in [3.8, 4) is 17.1 Å². The lowest BCUT2D eigenvalue weighted by atomic mass is 10.1. The van der Waals surface area contributed by atoms with Crippen molar-refractivity contribution in [1.29, 1.82) is 0 Å². The van der Waals surface area contributed by atoms with Gasteiger partial charge in [-0.15, -0.1) is 0 Å². The Bertz CT molecular complexity index is 897. The molecule has 22 heavy (non-hydrogen) atoms. The number of nitrogens with zero attached hydrogens (tertiary/aromatic N) is 3. The number of aromatic amines is 1. The average molecular weight is 309 g/mol. The van der Waals surface area contributed by atoms with Gasteiger partial charge in [0.05, 0.1) is 10.7 Å². The van der Waals surface area contributed by atoms with Gasteiger partial charge < -0.3 is 12.4 Å². The molecule has 0 amide bonds. The smallest absolute Gasteiger partial charge is 0.339 e. The van der Waals surface area contributed by atoms with E-state index in [4.69, 9.17) is 0 Å². The summed E-state index contributed by atoms with van der Waals surface area (Å²) in [6.45, 7) is 0. The molecule has 5 heteroatoms. The van der Waals surface area contributed by atoms with E-state index in [1.807, 2.05) is 54.6 Å². The number of fused-ring (bicyclic) bond motifs is 1. The third-order valence-corrected chi connectivity index (χ3v) is 3.47. The summed E-state index contributed by atoms with van der Waals surface area (Å²) in [4.78, 5) is 1.71. The number of aromatic nitrogens is 4. The first-order chi connectivity index (χ1) is 10.4. The summed E-state index contributed by atoms with van der Waals surface area (Å²) in [5.41, 5.74) is 1.98. The van der Waals surface area contributed by atoms with Gasteiger partial charge in [-0.25, -0.2) is 0 Å². The Hall–Kier alpha value is -2.72. The van der Waals surface area contributed by atoms with Crippen LogP contribution in [0, 0.1) is 0 Å². The van der Waals surface area contributed by atoms with Crippen LogP contribution in [0.2, 0.25) is 0 Å². The highest BCUT2D eigenvalue weighted by Gasteiger charge is 2.16. The first kappa shape index (κ1) is 14.2. The van der Waals surface area contributed by atoms with Crippen LogP contribution in [0.25, 0.3) is 27.8 Å². The molecule has 0 radical (unpaired) electrons. The molecule has 4 aromatic rings. The number of nitrogens with one attached hydrogen (secondary N) is 1. The summed E-state index contributed by atoms with van der Waals surface area (Å²) in [7, 11) is 0. The first-order valence-electron chi connectivity index (χ1n) is 6.80. The molecule has 108 valence electrons. The minimum atomic E-state index is 0. The van der Waals surface area contributed by atoms with E-state index in [0.29, 0.717) is 5.82 Å². The van der Waals surface area contributed by atoms with Crippen LogP contribution in [0.3, 0.4) is 0 Å². The number of hydrogen-bond acceptors (Lipinski definition) is 2. The van der Waals surface area contributed by atoms with Crippen LogP contribution in [0.5, 0.6) is 0 Å². The van der Waals surface area contributed by atoms with E-state index < -0.39 is 0 Å². The number of tetrazole rings is 1. The van der Waals surface area contributed by atoms with Crippen LogP contribution in [-0.4, -0.2) is 15.4 Å². The van der Waals surface area contributed by atoms with E-state index in [9.17, 15) is 0 Å². The lowest BCUT2D eigenvalue weighted by Gasteiger charge is -1.99. The number of rotatable bonds is 2. The van der Waals surface area contributed by atoms with Gasteiger partial charge in [0.25, 0.3) is 0 Å². The maximum Gasteiger partial charge on any atom is 0.339 e. The van der Waals surface area contributed by atoms with Crippen LogP contribution in [0.4, 0.5) is 0 Å². The number of halogens is 1. The van der Waals surface area contributed by atoms with Gasteiger partial charge in [0.15, 0.2) is 5.69 Å². The normalized spacial score (nSPS) is 10.4. The molecule has 4 nitrogen and oxygen atoms in total. The fourth-order valence-corrected chi connectivity index (χ4v) is 2.44. The van der Waals surface area contributed by atoms with Crippen molar-refractivity contribution in [3.05, 3.63) is 72.8 Å². The SMILES string of the molecule is [Cl-].c1ccc(-c2n[nH][n+](-c3cccc4ccccc34)n2)cc1. The summed E-state index contributed by atoms with van der Waals surface area (Å²) in [6.07, 6.45) is 0. The molecule has 1 N–H and O–H groups in total. The van der Waals surface area contributed by atoms with Crippen LogP contribution >= 0.6 is 0 Å². The third-order valence-electron chi connectivity index (χ3n) is 3.47. The molecule has 0 atom stereocenters. The Balaban J connectivity index is 0.00000144. The Morgan fingerprint density at radius 2 is 1.50 bits per heavy atom. The van der Waals surface area contributed by atoms with E-state index in [2.05, 4.69) is 33.6 Å². The van der Waals surface area contributed by atoms with Gasteiger partial charge in [-0.05, 0) is 44.8 Å². The molecule has 3 aromatic carbocycles. The molecule has 1 aromatic heterocycles. The van der Waals surface area contributed by atoms with Gasteiger partial charge in [-0.3, -0.25) is 0 Å². The fourth-order valence-electron chi connectivity index (χ4n) is 2.44. The molecule has 4 rings (SSSR count). The summed E-state index contributed by atoms with van der Waals surface area (Å²) >= 11 is 0. The van der Waals surface area contributed by atoms with Crippen molar-refractivity contribution in [2.45, 2.75) is 0 Å². The molecular formula is C17H13ClN4. The van der Waals surface area contributed by atoms with Crippen molar-refractivity contribution in [3.63, 3.8) is 0 Å². The van der Waals surface area contributed by atoms with Gasteiger partial charge in [0.1, 0.15) is 0 Å². The van der Waals surface area contributed by atoms with Gasteiger partial charge in [0.2, 0.25) is 0 Å². The number of hydrogen-bond donors (Lipinski definition) is 1. The summed E-state index contributed by atoms with van der Waals surface area (Å²) in [5.74, 6) is 0.684. The highest BCUT2D eigenvalue weighted by molar-refractivity contribution is 5.88. The monoisotopic (exact) mass is 308 g/mol. The molecule has 0 aliphatic carbocycles. The van der Waals surface area contributed by atoms with E-state index >= 15 is 0 Å². The van der Waals surface area contributed by atoms with Crippen molar-refractivity contribution in [1.82, 2.24) is 15.4 Å². The Kier molecular flexibility index (Phi) is 3.85. The van der Waals surface area contributed by atoms with Gasteiger partial charge in [-0.1, -0.05) is 48.5 Å². The second-order valence-corrected chi connectivity index (χ2v) is 4.81. The first-order valence-corrected chi connectivity index (χ1v) is 6.80. The van der Waals surface area contributed by atoms with Gasteiger partial charge in [-0.2, -0.15) is 0 Å². The Morgan fingerprint density at radius 1 is 0.773 bits per heavy atom. The molecule has 0 bridgehead atoms. The molecule has 0 spiro atoms. The summed E-state index contributed by atoms with van der Waals surface area (Å²) in [6, 6.07) is 24.3. The van der Waals surface area contributed by atoms with Crippen LogP contribution < -0.4 is 17.2 Å². The third kappa shape index (κ3) is 2.44. The maximum absolute atomic E-state index is 4.55. The molecule has 0 saturated carbocycles. The predicted molar refractivity (Wildman–Crippen MR) is 80.9 cm³/mol. The quantitative estimate of drug-likeness (QED) is 0.526. The highest BCUT2D eigenvalue weighted by atomic mass is 35.5. The second-order valence-electron chi connectivity index (χ2n) is 4.81. The minimum absolute atomic E-state index is 0. The fraction of sp³-hybridized carbons (Fsp3) is 0. The zero-order valence-electron chi connectivity index (χ0n) is 11.6. The van der Waals surface area contributed by atoms with Gasteiger partial charge >= 0.3 is 5.82 Å². The van der Waals surface area contributed by atoms with Crippen LogP contribution in [0.1, 0.15) is 0 Å². The Labute approximate surface area is 133 Å². The van der Waals surface area contributed by atoms with Crippen LogP contribution in [0.15, 0.2) is 72.8 Å². The molecule has 0 fully saturated rings. The van der Waals surface area contributed by atoms with E-state index in [0.717, 1.165) is 16.6 Å². The zero-order chi connectivity index (χ0) is 14.1. The molecule has 0 saturated heterocycles. The lowest BCUT2D eigenvalue weighted by Crippen LogP contribution is -3.00. The number of benzene rings is 3. The van der Waals surface area contributed by atoms with Crippen LogP contribution in [-0.2, 0) is 0 Å². The van der Waals surface area contributed by atoms with E-state index in [1.165, 1.54) is 5.39 Å². The Morgan fingerprint density at radius 3 is 2.36 bits per heavy atom. The zero-order valence-corrected chi connectivity index (χ0v) is 12.4. The molecule has 0 unspecified atom stereocenters. The molecular weight excluding hydrogens is 296 g/mol. The molecule has 0 aliphatic rings. The summed E-state index contributed by atoms with van der Waals surface area (Å²) in [5, 5.41) is 14.1. The number of H-pyrrole nitrogens is 1. The van der Waals surface area contributed by atoms with Crippen molar-refractivity contribution in [2.75, 3.05) is 0 Å². The van der Waals surface area contributed by atoms with E-state index in [1.54, 1.807) is 4.80 Å². The van der Waals surface area contributed by atoms with Crippen molar-refractivity contribution >= 4 is 10.8 Å². The van der Waals surface area contributed by atoms with Crippen molar-refractivity contribution in [2.24, 2.45) is 0 Å². The standard InChI is InChI=1S/C17H12N4.ClH/c1-2-8-14(9-3-1)17-18-20-21(19-17)16-12-6-10-13-7-4-5-11-15(13)16;/h1-12H;1H. The lowest BCUT2D eigenvalue weighted by molar-refractivity contribution is -0.715. The van der Waals surface area contributed by atoms with Gasteiger partial charge in [0, 0.05) is 5.39 Å². The largest absolute Gasteiger partial charge is 1.00 e. The second kappa shape index (κ2) is 5.95. The molecule has 0 aliphatic heterocycles. The predicted octanol–water partition coefficient (Wildman–Crippen LogP) is -0.0944. The van der Waals surface area contributed by atoms with Crippen molar-refractivity contribution < 1.29 is 17.2 Å². The maximum atomic E-state index is 4.55. The molecule has 1 heterocycles. The van der Waals surface area contributed by atoms with E-state index in [-0.39, 0.29) is 12.4 Å². The average Bonchev–Trinajstić information content (AvgIpc) is 3.05. The summed E-state index contributed by atoms with van der Waals surface area (Å²) < 4.78 is 0.